The van der Waals surface area contributed by atoms with Crippen LogP contribution in [0.15, 0.2) is 30.3 Å². The quantitative estimate of drug-likeness (QED) is 0.681. The summed E-state index contributed by atoms with van der Waals surface area (Å²) < 4.78 is 30.3. The van der Waals surface area contributed by atoms with Gasteiger partial charge in [-0.1, -0.05) is 37.3 Å². The van der Waals surface area contributed by atoms with E-state index in [0.29, 0.717) is 6.42 Å². The van der Waals surface area contributed by atoms with Crippen molar-refractivity contribution in [3.8, 4) is 0 Å². The Kier molecular flexibility index (Phi) is 6.67. The zero-order chi connectivity index (χ0) is 15.0. The van der Waals surface area contributed by atoms with E-state index in [1.807, 2.05) is 30.3 Å². The van der Waals surface area contributed by atoms with Gasteiger partial charge in [0.2, 0.25) is 10.0 Å². The second-order valence-electron chi connectivity index (χ2n) is 4.28. The monoisotopic (exact) mass is 299 g/mol. The van der Waals surface area contributed by atoms with E-state index < -0.39 is 16.0 Å². The number of hydrogen-bond donors (Lipinski definition) is 0. The number of carbonyl (C=O) groups excluding carboxylic acids is 1. The Morgan fingerprint density at radius 2 is 1.85 bits per heavy atom. The minimum absolute atomic E-state index is 0.00966. The Balaban J connectivity index is 2.63. The third-order valence-electron chi connectivity index (χ3n) is 2.85. The van der Waals surface area contributed by atoms with Gasteiger partial charge in [0.05, 0.1) is 12.4 Å². The van der Waals surface area contributed by atoms with E-state index in [-0.39, 0.29) is 25.4 Å². The van der Waals surface area contributed by atoms with E-state index >= 15 is 0 Å². The number of nitrogens with zero attached hydrogens (tertiary/aromatic N) is 1. The van der Waals surface area contributed by atoms with Crippen LogP contribution in [-0.2, 0) is 26.0 Å². The normalized spacial score (nSPS) is 11.6. The van der Waals surface area contributed by atoms with Crippen LogP contribution >= 0.6 is 0 Å². The first kappa shape index (κ1) is 16.7. The maximum atomic E-state index is 12.2. The molecule has 0 heterocycles. The highest BCUT2D eigenvalue weighted by Crippen LogP contribution is 2.07. The van der Waals surface area contributed by atoms with E-state index in [0.717, 1.165) is 9.87 Å². The first-order chi connectivity index (χ1) is 9.49. The molecule has 0 N–H and O–H groups in total. The molecule has 6 heteroatoms. The van der Waals surface area contributed by atoms with Crippen molar-refractivity contribution in [2.24, 2.45) is 0 Å². The second kappa shape index (κ2) is 8.01. The van der Waals surface area contributed by atoms with Crippen LogP contribution in [0.5, 0.6) is 0 Å². The number of esters is 1. The van der Waals surface area contributed by atoms with Crippen LogP contribution < -0.4 is 0 Å². The third kappa shape index (κ3) is 5.30. The molecular weight excluding hydrogens is 278 g/mol. The average Bonchev–Trinajstić information content (AvgIpc) is 2.44. The fraction of sp³-hybridized carbons (Fsp3) is 0.500. The number of aryl methyl sites for hydroxylation is 1. The Hall–Kier alpha value is -1.40. The standard InChI is InChI=1S/C14H21NO4S/c1-3-15(12-14(16)19-4-2)20(17,18)11-10-13-8-6-5-7-9-13/h5-9H,3-4,10-12H2,1-2H3. The van der Waals surface area contributed by atoms with Crippen LogP contribution in [0, 0.1) is 0 Å². The largest absolute Gasteiger partial charge is 0.465 e. The predicted octanol–water partition coefficient (Wildman–Crippen LogP) is 1.44. The summed E-state index contributed by atoms with van der Waals surface area (Å²) in [5.74, 6) is -0.526. The van der Waals surface area contributed by atoms with Gasteiger partial charge in [0.25, 0.3) is 0 Å². The number of rotatable bonds is 8. The molecule has 112 valence electrons. The molecule has 0 amide bonds. The molecule has 0 aliphatic heterocycles. The van der Waals surface area contributed by atoms with Crippen LogP contribution in [0.1, 0.15) is 19.4 Å². The van der Waals surface area contributed by atoms with Crippen molar-refractivity contribution in [3.63, 3.8) is 0 Å². The molecule has 0 saturated heterocycles. The van der Waals surface area contributed by atoms with Crippen LogP contribution in [0.4, 0.5) is 0 Å². The Morgan fingerprint density at radius 1 is 1.20 bits per heavy atom. The summed E-state index contributed by atoms with van der Waals surface area (Å²) in [7, 11) is -3.45. The van der Waals surface area contributed by atoms with Crippen molar-refractivity contribution in [1.29, 1.82) is 0 Å². The summed E-state index contributed by atoms with van der Waals surface area (Å²) in [4.78, 5) is 11.4. The lowest BCUT2D eigenvalue weighted by molar-refractivity contribution is -0.143. The molecule has 0 radical (unpaired) electrons. The molecule has 0 aliphatic carbocycles. The number of ether oxygens (including phenoxy) is 1. The van der Waals surface area contributed by atoms with Gasteiger partial charge < -0.3 is 4.74 Å². The highest BCUT2D eigenvalue weighted by atomic mass is 32.2. The number of carbonyl (C=O) groups is 1. The summed E-state index contributed by atoms with van der Waals surface area (Å²) in [5, 5.41) is 0. The molecule has 0 unspecified atom stereocenters. The van der Waals surface area contributed by atoms with E-state index in [1.165, 1.54) is 0 Å². The molecule has 0 atom stereocenters. The zero-order valence-corrected chi connectivity index (χ0v) is 12.7. The van der Waals surface area contributed by atoms with Gasteiger partial charge in [-0.3, -0.25) is 4.79 Å². The van der Waals surface area contributed by atoms with Gasteiger partial charge in [-0.15, -0.1) is 0 Å². The lowest BCUT2D eigenvalue weighted by Gasteiger charge is -2.19. The molecule has 0 fully saturated rings. The zero-order valence-electron chi connectivity index (χ0n) is 11.9. The van der Waals surface area contributed by atoms with Gasteiger partial charge in [0, 0.05) is 6.54 Å². The molecule has 5 nitrogen and oxygen atoms in total. The maximum absolute atomic E-state index is 12.2. The molecule has 0 aliphatic rings. The van der Waals surface area contributed by atoms with Gasteiger partial charge in [0.1, 0.15) is 6.54 Å². The molecule has 0 bridgehead atoms. The maximum Gasteiger partial charge on any atom is 0.321 e. The van der Waals surface area contributed by atoms with Gasteiger partial charge in [-0.2, -0.15) is 4.31 Å². The summed E-state index contributed by atoms with van der Waals surface area (Å²) >= 11 is 0. The van der Waals surface area contributed by atoms with E-state index in [2.05, 4.69) is 0 Å². The van der Waals surface area contributed by atoms with Crippen molar-refractivity contribution in [1.82, 2.24) is 4.31 Å². The summed E-state index contributed by atoms with van der Waals surface area (Å²) in [5.41, 5.74) is 0.961. The van der Waals surface area contributed by atoms with Crippen LogP contribution in [0.2, 0.25) is 0 Å². The smallest absolute Gasteiger partial charge is 0.321 e. The molecule has 20 heavy (non-hydrogen) atoms. The lowest BCUT2D eigenvalue weighted by atomic mass is 10.2. The first-order valence-electron chi connectivity index (χ1n) is 6.67. The Morgan fingerprint density at radius 3 is 2.40 bits per heavy atom. The Bertz CT molecular complexity index is 513. The van der Waals surface area contributed by atoms with Crippen molar-refractivity contribution >= 4 is 16.0 Å². The predicted molar refractivity (Wildman–Crippen MR) is 77.8 cm³/mol. The number of hydrogen-bond acceptors (Lipinski definition) is 4. The highest BCUT2D eigenvalue weighted by Gasteiger charge is 2.23. The molecule has 1 aromatic rings. The second-order valence-corrected chi connectivity index (χ2v) is 6.37. The number of benzene rings is 1. The van der Waals surface area contributed by atoms with Gasteiger partial charge >= 0.3 is 5.97 Å². The third-order valence-corrected chi connectivity index (χ3v) is 4.74. The summed E-state index contributed by atoms with van der Waals surface area (Å²) in [6, 6.07) is 9.40. The lowest BCUT2D eigenvalue weighted by Crippen LogP contribution is -2.38. The summed E-state index contributed by atoms with van der Waals surface area (Å²) in [6.07, 6.45) is 0.433. The summed E-state index contributed by atoms with van der Waals surface area (Å²) in [6.45, 7) is 3.69. The fourth-order valence-electron chi connectivity index (χ4n) is 1.78. The van der Waals surface area contributed by atoms with Gasteiger partial charge in [-0.25, -0.2) is 8.42 Å². The van der Waals surface area contributed by atoms with Gasteiger partial charge in [-0.05, 0) is 18.9 Å². The molecular formula is C14H21NO4S. The first-order valence-corrected chi connectivity index (χ1v) is 8.28. The highest BCUT2D eigenvalue weighted by molar-refractivity contribution is 7.89. The molecule has 0 aromatic heterocycles. The van der Waals surface area contributed by atoms with E-state index in [4.69, 9.17) is 4.74 Å². The minimum atomic E-state index is -3.45. The average molecular weight is 299 g/mol. The SMILES string of the molecule is CCOC(=O)CN(CC)S(=O)(=O)CCc1ccccc1. The van der Waals surface area contributed by atoms with Crippen LogP contribution in [0.25, 0.3) is 0 Å². The van der Waals surface area contributed by atoms with Crippen molar-refractivity contribution in [2.45, 2.75) is 20.3 Å². The van der Waals surface area contributed by atoms with Gasteiger partial charge in [0.15, 0.2) is 0 Å². The number of sulfonamides is 1. The Labute approximate surface area is 120 Å². The van der Waals surface area contributed by atoms with E-state index in [9.17, 15) is 13.2 Å². The molecule has 0 spiro atoms. The van der Waals surface area contributed by atoms with Crippen molar-refractivity contribution in [2.75, 3.05) is 25.4 Å². The van der Waals surface area contributed by atoms with Crippen LogP contribution in [0.3, 0.4) is 0 Å². The van der Waals surface area contributed by atoms with Crippen LogP contribution in [-0.4, -0.2) is 44.1 Å². The van der Waals surface area contributed by atoms with E-state index in [1.54, 1.807) is 13.8 Å². The topological polar surface area (TPSA) is 63.7 Å². The molecule has 1 aromatic carbocycles. The fourth-order valence-corrected chi connectivity index (χ4v) is 3.23. The number of likely N-dealkylation sites (N-methyl/N-ethyl adjacent to an activating group) is 1. The van der Waals surface area contributed by atoms with Crippen molar-refractivity contribution in [3.05, 3.63) is 35.9 Å². The van der Waals surface area contributed by atoms with Crippen molar-refractivity contribution < 1.29 is 17.9 Å². The molecule has 1 rings (SSSR count). The molecule has 0 saturated carbocycles. The minimum Gasteiger partial charge on any atom is -0.465 e.